The van der Waals surface area contributed by atoms with Gasteiger partial charge >= 0.3 is 0 Å². The number of nitrogens with two attached hydrogens (primary N) is 2. The maximum absolute atomic E-state index is 11.2. The van der Waals surface area contributed by atoms with Gasteiger partial charge in [0, 0.05) is 18.1 Å². The molecule has 0 aliphatic carbocycles. The highest BCUT2D eigenvalue weighted by atomic mass is 32.2. The van der Waals surface area contributed by atoms with E-state index in [2.05, 4.69) is 9.97 Å². The molecule has 0 spiro atoms. The number of carbonyl (C=O) groups excluding carboxylic acids is 1. The number of benzene rings is 1. The van der Waals surface area contributed by atoms with Crippen molar-refractivity contribution in [3.05, 3.63) is 36.2 Å². The molecule has 1 amide bonds. The van der Waals surface area contributed by atoms with Gasteiger partial charge < -0.3 is 16.5 Å². The second-order valence-corrected chi connectivity index (χ2v) is 4.08. The topological polar surface area (TPSA) is 97.8 Å². The van der Waals surface area contributed by atoms with Gasteiger partial charge in [-0.15, -0.1) is 0 Å². The lowest BCUT2D eigenvalue weighted by molar-refractivity contribution is 0.0997. The number of imidazole rings is 1. The molecule has 0 unspecified atom stereocenters. The van der Waals surface area contributed by atoms with Crippen molar-refractivity contribution in [2.24, 2.45) is 5.73 Å². The second kappa shape index (κ2) is 4.28. The molecule has 0 bridgehead atoms. The minimum atomic E-state index is -0.499. The van der Waals surface area contributed by atoms with Crippen LogP contribution < -0.4 is 11.5 Å². The summed E-state index contributed by atoms with van der Waals surface area (Å²) in [5.74, 6) is -0.499. The first-order valence-electron chi connectivity index (χ1n) is 4.54. The average molecular weight is 234 g/mol. The van der Waals surface area contributed by atoms with Crippen LogP contribution in [0.2, 0.25) is 0 Å². The Morgan fingerprint density at radius 1 is 1.44 bits per heavy atom. The summed E-state index contributed by atoms with van der Waals surface area (Å²) >= 11 is 1.28. The van der Waals surface area contributed by atoms with Gasteiger partial charge in [-0.1, -0.05) is 6.07 Å². The van der Waals surface area contributed by atoms with E-state index in [0.29, 0.717) is 21.3 Å². The van der Waals surface area contributed by atoms with Crippen LogP contribution in [0.1, 0.15) is 10.4 Å². The molecule has 0 radical (unpaired) electrons. The van der Waals surface area contributed by atoms with E-state index in [-0.39, 0.29) is 0 Å². The number of hydrogen-bond donors (Lipinski definition) is 3. The Labute approximate surface area is 96.2 Å². The van der Waals surface area contributed by atoms with E-state index in [1.54, 1.807) is 30.6 Å². The van der Waals surface area contributed by atoms with Gasteiger partial charge in [-0.25, -0.2) is 4.98 Å². The Balaban J connectivity index is 2.42. The van der Waals surface area contributed by atoms with Crippen molar-refractivity contribution in [1.29, 1.82) is 0 Å². The number of nitrogen functional groups attached to an aromatic ring is 1. The summed E-state index contributed by atoms with van der Waals surface area (Å²) in [5, 5.41) is 0.667. The van der Waals surface area contributed by atoms with Crippen molar-refractivity contribution in [3.63, 3.8) is 0 Å². The third-order valence-corrected chi connectivity index (χ3v) is 3.06. The van der Waals surface area contributed by atoms with Crippen LogP contribution in [0.4, 0.5) is 5.69 Å². The third kappa shape index (κ3) is 2.01. The van der Waals surface area contributed by atoms with Gasteiger partial charge in [0.2, 0.25) is 5.91 Å². The summed E-state index contributed by atoms with van der Waals surface area (Å²) < 4.78 is 0. The van der Waals surface area contributed by atoms with E-state index < -0.39 is 5.91 Å². The maximum atomic E-state index is 11.2. The Morgan fingerprint density at radius 2 is 2.25 bits per heavy atom. The first kappa shape index (κ1) is 10.6. The SMILES string of the molecule is NC(=O)c1cccc(N)c1Sc1ncc[nH]1. The molecule has 2 aromatic rings. The van der Waals surface area contributed by atoms with Crippen molar-refractivity contribution < 1.29 is 4.79 Å². The molecule has 82 valence electrons. The van der Waals surface area contributed by atoms with Crippen LogP contribution in [0.15, 0.2) is 40.6 Å². The van der Waals surface area contributed by atoms with Crippen LogP contribution in [-0.2, 0) is 0 Å². The van der Waals surface area contributed by atoms with Gasteiger partial charge in [0.05, 0.1) is 10.5 Å². The first-order valence-corrected chi connectivity index (χ1v) is 5.35. The van der Waals surface area contributed by atoms with E-state index in [1.165, 1.54) is 11.8 Å². The predicted octanol–water partition coefficient (Wildman–Crippen LogP) is 1.24. The van der Waals surface area contributed by atoms with E-state index in [1.807, 2.05) is 0 Å². The third-order valence-electron chi connectivity index (χ3n) is 1.98. The van der Waals surface area contributed by atoms with Gasteiger partial charge in [-0.2, -0.15) is 0 Å². The maximum Gasteiger partial charge on any atom is 0.249 e. The number of primary amides is 1. The van der Waals surface area contributed by atoms with Crippen molar-refractivity contribution >= 4 is 23.4 Å². The van der Waals surface area contributed by atoms with Gasteiger partial charge in [0.25, 0.3) is 0 Å². The van der Waals surface area contributed by atoms with Crippen LogP contribution >= 0.6 is 11.8 Å². The fourth-order valence-corrected chi connectivity index (χ4v) is 2.16. The lowest BCUT2D eigenvalue weighted by Crippen LogP contribution is -2.13. The molecule has 0 saturated carbocycles. The van der Waals surface area contributed by atoms with Gasteiger partial charge in [0.1, 0.15) is 0 Å². The fourth-order valence-electron chi connectivity index (χ4n) is 1.27. The van der Waals surface area contributed by atoms with Crippen molar-refractivity contribution in [3.8, 4) is 0 Å². The highest BCUT2D eigenvalue weighted by Crippen LogP contribution is 2.32. The summed E-state index contributed by atoms with van der Waals surface area (Å²) in [4.78, 5) is 18.8. The number of nitrogens with one attached hydrogen (secondary N) is 1. The first-order chi connectivity index (χ1) is 7.68. The Kier molecular flexibility index (Phi) is 2.82. The summed E-state index contributed by atoms with van der Waals surface area (Å²) in [5.41, 5.74) is 12.0. The van der Waals surface area contributed by atoms with E-state index in [0.717, 1.165) is 0 Å². The van der Waals surface area contributed by atoms with Gasteiger partial charge in [-0.05, 0) is 23.9 Å². The largest absolute Gasteiger partial charge is 0.398 e. The molecule has 5 N–H and O–H groups in total. The van der Waals surface area contributed by atoms with Crippen LogP contribution in [0.25, 0.3) is 0 Å². The predicted molar refractivity (Wildman–Crippen MR) is 62.1 cm³/mol. The van der Waals surface area contributed by atoms with Crippen LogP contribution in [-0.4, -0.2) is 15.9 Å². The smallest absolute Gasteiger partial charge is 0.249 e. The van der Waals surface area contributed by atoms with Crippen molar-refractivity contribution in [2.75, 3.05) is 5.73 Å². The monoisotopic (exact) mass is 234 g/mol. The average Bonchev–Trinajstić information content (AvgIpc) is 2.73. The number of rotatable bonds is 3. The van der Waals surface area contributed by atoms with E-state index in [9.17, 15) is 4.79 Å². The highest BCUT2D eigenvalue weighted by Gasteiger charge is 2.13. The number of carbonyl (C=O) groups is 1. The highest BCUT2D eigenvalue weighted by molar-refractivity contribution is 7.99. The van der Waals surface area contributed by atoms with Crippen molar-refractivity contribution in [2.45, 2.75) is 10.1 Å². The molecule has 0 aliphatic rings. The molecule has 0 saturated heterocycles. The zero-order valence-electron chi connectivity index (χ0n) is 8.31. The molecule has 1 aromatic heterocycles. The molecule has 1 aromatic carbocycles. The van der Waals surface area contributed by atoms with E-state index in [4.69, 9.17) is 11.5 Å². The summed E-state index contributed by atoms with van der Waals surface area (Å²) in [6.07, 6.45) is 3.33. The zero-order valence-corrected chi connectivity index (χ0v) is 9.12. The van der Waals surface area contributed by atoms with Crippen molar-refractivity contribution in [1.82, 2.24) is 9.97 Å². The molecule has 0 fully saturated rings. The Bertz CT molecular complexity index is 510. The Hall–Kier alpha value is -1.95. The molecule has 2 rings (SSSR count). The molecule has 1 heterocycles. The summed E-state index contributed by atoms with van der Waals surface area (Å²) in [7, 11) is 0. The second-order valence-electron chi connectivity index (χ2n) is 3.08. The van der Waals surface area contributed by atoms with Gasteiger partial charge in [-0.3, -0.25) is 4.79 Å². The summed E-state index contributed by atoms with van der Waals surface area (Å²) in [6, 6.07) is 5.06. The van der Waals surface area contributed by atoms with Crippen LogP contribution in [0.5, 0.6) is 0 Å². The zero-order chi connectivity index (χ0) is 11.5. The minimum Gasteiger partial charge on any atom is -0.398 e. The molecule has 0 aliphatic heterocycles. The molecular formula is C10H10N4OS. The number of aromatic amines is 1. The fraction of sp³-hybridized carbons (Fsp3) is 0. The normalized spacial score (nSPS) is 10.2. The Morgan fingerprint density at radius 3 is 2.88 bits per heavy atom. The number of amides is 1. The molecule has 5 nitrogen and oxygen atoms in total. The summed E-state index contributed by atoms with van der Waals surface area (Å²) in [6.45, 7) is 0. The molecule has 6 heteroatoms. The number of aromatic nitrogens is 2. The molecular weight excluding hydrogens is 224 g/mol. The van der Waals surface area contributed by atoms with Crippen LogP contribution in [0.3, 0.4) is 0 Å². The molecule has 0 atom stereocenters. The van der Waals surface area contributed by atoms with E-state index >= 15 is 0 Å². The molecule has 16 heavy (non-hydrogen) atoms. The quantitative estimate of drug-likeness (QED) is 0.696. The lowest BCUT2D eigenvalue weighted by Gasteiger charge is -2.07. The number of anilines is 1. The number of H-pyrrole nitrogens is 1. The lowest BCUT2D eigenvalue weighted by atomic mass is 10.2. The minimum absolute atomic E-state index is 0.404. The standard InChI is InChI=1S/C10H10N4OS/c11-7-3-1-2-6(9(12)15)8(7)16-10-13-4-5-14-10/h1-5H,11H2,(H2,12,15)(H,13,14). The van der Waals surface area contributed by atoms with Gasteiger partial charge in [0.15, 0.2) is 5.16 Å². The number of hydrogen-bond acceptors (Lipinski definition) is 4. The van der Waals surface area contributed by atoms with Crippen LogP contribution in [0, 0.1) is 0 Å². The number of nitrogens with zero attached hydrogens (tertiary/aromatic N) is 1.